The smallest absolute Gasteiger partial charge is 0.412 e. The quantitative estimate of drug-likeness (QED) is 0.423. The first-order valence-corrected chi connectivity index (χ1v) is 13.4. The zero-order valence-corrected chi connectivity index (χ0v) is 22.2. The van der Waals surface area contributed by atoms with Gasteiger partial charge in [-0.25, -0.2) is 4.79 Å². The number of amides is 2. The Labute approximate surface area is 211 Å². The van der Waals surface area contributed by atoms with Crippen LogP contribution in [0.15, 0.2) is 42.0 Å². The average molecular weight is 485 g/mol. The van der Waals surface area contributed by atoms with E-state index in [0.717, 1.165) is 12.0 Å². The Morgan fingerprint density at radius 3 is 2.49 bits per heavy atom. The van der Waals surface area contributed by atoms with Crippen LogP contribution in [-0.2, 0) is 20.9 Å². The minimum Gasteiger partial charge on any atom is -0.444 e. The second-order valence-electron chi connectivity index (χ2n) is 10.9. The molecule has 3 rings (SSSR count). The van der Waals surface area contributed by atoms with Gasteiger partial charge in [-0.3, -0.25) is 9.69 Å². The van der Waals surface area contributed by atoms with Crippen LogP contribution in [0.3, 0.4) is 0 Å². The van der Waals surface area contributed by atoms with Crippen molar-refractivity contribution in [3.63, 3.8) is 0 Å². The highest BCUT2D eigenvalue weighted by Gasteiger charge is 2.50. The lowest BCUT2D eigenvalue weighted by atomic mass is 9.83. The maximum absolute atomic E-state index is 13.4. The van der Waals surface area contributed by atoms with Gasteiger partial charge in [0, 0.05) is 12.1 Å². The van der Waals surface area contributed by atoms with Crippen molar-refractivity contribution in [1.29, 1.82) is 0 Å². The van der Waals surface area contributed by atoms with Crippen molar-refractivity contribution in [3.05, 3.63) is 47.5 Å². The van der Waals surface area contributed by atoms with Crippen LogP contribution >= 0.6 is 0 Å². The number of carbonyl (C=O) groups is 2. The fourth-order valence-electron chi connectivity index (χ4n) is 5.27. The largest absolute Gasteiger partial charge is 0.444 e. The highest BCUT2D eigenvalue weighted by Crippen LogP contribution is 2.39. The number of carbonyl (C=O) groups excluding carboxylic acids is 2. The van der Waals surface area contributed by atoms with E-state index in [-0.39, 0.29) is 30.8 Å². The predicted octanol–water partition coefficient (Wildman–Crippen LogP) is 6.21. The summed E-state index contributed by atoms with van der Waals surface area (Å²) in [6.45, 7) is 10.8. The lowest BCUT2D eigenvalue weighted by molar-refractivity contribution is -0.117. The van der Waals surface area contributed by atoms with Crippen molar-refractivity contribution < 1.29 is 19.1 Å². The molecule has 1 heterocycles. The number of benzene rings is 1. The number of hydrogen-bond donors (Lipinski definition) is 1. The van der Waals surface area contributed by atoms with E-state index in [4.69, 9.17) is 9.47 Å². The van der Waals surface area contributed by atoms with E-state index >= 15 is 0 Å². The zero-order valence-electron chi connectivity index (χ0n) is 22.2. The van der Waals surface area contributed by atoms with E-state index in [0.29, 0.717) is 30.4 Å². The van der Waals surface area contributed by atoms with Crippen LogP contribution in [0.1, 0.15) is 85.1 Å². The molecule has 0 aromatic heterocycles. The first-order valence-electron chi connectivity index (χ1n) is 13.4. The summed E-state index contributed by atoms with van der Waals surface area (Å²) in [5.74, 6) is 0.878. The molecule has 0 unspecified atom stereocenters. The molecule has 1 aromatic rings. The third-order valence-electron chi connectivity index (χ3n) is 7.13. The lowest BCUT2D eigenvalue weighted by Crippen LogP contribution is -2.49. The van der Waals surface area contributed by atoms with E-state index < -0.39 is 5.72 Å². The highest BCUT2D eigenvalue weighted by atomic mass is 16.6. The third-order valence-corrected chi connectivity index (χ3v) is 7.13. The van der Waals surface area contributed by atoms with Gasteiger partial charge in [-0.2, -0.15) is 0 Å². The Bertz CT molecular complexity index is 859. The van der Waals surface area contributed by atoms with Crippen molar-refractivity contribution in [2.75, 3.05) is 6.54 Å². The summed E-state index contributed by atoms with van der Waals surface area (Å²) in [7, 11) is 0. The molecule has 1 aliphatic carbocycles. The number of rotatable bonds is 9. The summed E-state index contributed by atoms with van der Waals surface area (Å²) in [5, 5.41) is 3.03. The minimum absolute atomic E-state index is 0.0517. The molecule has 2 amide bonds. The van der Waals surface area contributed by atoms with Gasteiger partial charge in [-0.05, 0) is 50.2 Å². The van der Waals surface area contributed by atoms with Gasteiger partial charge in [0.15, 0.2) is 0 Å². The van der Waals surface area contributed by atoms with Crippen molar-refractivity contribution >= 4 is 12.0 Å². The van der Waals surface area contributed by atoms with Gasteiger partial charge >= 0.3 is 6.09 Å². The van der Waals surface area contributed by atoms with Crippen molar-refractivity contribution in [3.8, 4) is 0 Å². The fourth-order valence-corrected chi connectivity index (χ4v) is 5.27. The number of nitrogens with zero attached hydrogens (tertiary/aromatic N) is 1. The Kier molecular flexibility index (Phi) is 9.79. The van der Waals surface area contributed by atoms with Crippen LogP contribution in [0.25, 0.3) is 0 Å². The molecule has 194 valence electrons. The van der Waals surface area contributed by atoms with Crippen LogP contribution in [-0.4, -0.2) is 41.3 Å². The minimum atomic E-state index is -0.832. The van der Waals surface area contributed by atoms with Gasteiger partial charge in [-0.15, -0.1) is 0 Å². The Hall–Kier alpha value is -2.34. The van der Waals surface area contributed by atoms with Gasteiger partial charge in [0.25, 0.3) is 0 Å². The molecular weight excluding hydrogens is 440 g/mol. The van der Waals surface area contributed by atoms with Gasteiger partial charge in [-0.1, -0.05) is 83.2 Å². The molecule has 6 heteroatoms. The molecule has 2 aliphatic rings. The van der Waals surface area contributed by atoms with Crippen LogP contribution in [0, 0.1) is 11.8 Å². The number of ether oxygens (including phenoxy) is 2. The first-order chi connectivity index (χ1) is 16.7. The average Bonchev–Trinajstić information content (AvgIpc) is 3.09. The molecule has 0 spiro atoms. The molecular formula is C29H44N2O4. The summed E-state index contributed by atoms with van der Waals surface area (Å²) < 4.78 is 12.2. The van der Waals surface area contributed by atoms with Gasteiger partial charge in [0.2, 0.25) is 5.91 Å². The van der Waals surface area contributed by atoms with Gasteiger partial charge < -0.3 is 14.8 Å². The first kappa shape index (κ1) is 27.3. The molecule has 0 radical (unpaired) electrons. The molecule has 2 fully saturated rings. The van der Waals surface area contributed by atoms with Crippen LogP contribution in [0.5, 0.6) is 0 Å². The van der Waals surface area contributed by atoms with Crippen LogP contribution in [0.2, 0.25) is 0 Å². The SMILES string of the molecule is CC/C(=C/[C@@H]1OC(C)(C)N(C(=O)OCc2ccccc2)[C@H]1CC1CCCCC1)C(=O)NCC(C)C. The highest BCUT2D eigenvalue weighted by molar-refractivity contribution is 5.93. The van der Waals surface area contributed by atoms with Crippen LogP contribution < -0.4 is 5.32 Å². The zero-order chi connectivity index (χ0) is 25.4. The maximum Gasteiger partial charge on any atom is 0.412 e. The van der Waals surface area contributed by atoms with E-state index in [1.807, 2.05) is 57.2 Å². The molecule has 6 nitrogen and oxygen atoms in total. The maximum atomic E-state index is 13.4. The van der Waals surface area contributed by atoms with Gasteiger partial charge in [0.1, 0.15) is 12.3 Å². The van der Waals surface area contributed by atoms with Gasteiger partial charge in [0.05, 0.1) is 12.1 Å². The second kappa shape index (κ2) is 12.6. The Balaban J connectivity index is 1.83. The number of nitrogens with one attached hydrogen (secondary N) is 1. The monoisotopic (exact) mass is 484 g/mol. The predicted molar refractivity (Wildman–Crippen MR) is 139 cm³/mol. The molecule has 35 heavy (non-hydrogen) atoms. The second-order valence-corrected chi connectivity index (χ2v) is 10.9. The molecule has 1 aromatic carbocycles. The topological polar surface area (TPSA) is 67.9 Å². The number of hydrogen-bond acceptors (Lipinski definition) is 4. The molecule has 1 aliphatic heterocycles. The molecule has 1 saturated heterocycles. The molecule has 1 N–H and O–H groups in total. The molecule has 2 atom stereocenters. The van der Waals surface area contributed by atoms with E-state index in [1.165, 1.54) is 32.1 Å². The fraction of sp³-hybridized carbons (Fsp3) is 0.655. The lowest BCUT2D eigenvalue weighted by Gasteiger charge is -2.35. The standard InChI is InChI=1S/C29H44N2O4/c1-6-24(27(32)30-19-21(2)3)18-26-25(17-22-13-9-7-10-14-22)31(29(4,5)35-26)28(33)34-20-23-15-11-8-12-16-23/h8,11-12,15-16,18,21-22,25-26H,6-7,9-10,13-14,17,19-20H2,1-5H3,(H,30,32)/b24-18-/t25-,26-/m0/s1. The van der Waals surface area contributed by atoms with E-state index in [9.17, 15) is 9.59 Å². The van der Waals surface area contributed by atoms with Crippen molar-refractivity contribution in [1.82, 2.24) is 10.2 Å². The normalized spacial score (nSPS) is 22.9. The summed E-state index contributed by atoms with van der Waals surface area (Å²) in [6.07, 6.45) is 8.81. The van der Waals surface area contributed by atoms with Crippen LogP contribution in [0.4, 0.5) is 4.79 Å². The van der Waals surface area contributed by atoms with Crippen molar-refractivity contribution in [2.45, 2.75) is 104 Å². The summed E-state index contributed by atoms with van der Waals surface area (Å²) in [4.78, 5) is 28.1. The summed E-state index contributed by atoms with van der Waals surface area (Å²) in [6, 6.07) is 9.56. The Morgan fingerprint density at radius 2 is 1.86 bits per heavy atom. The molecule has 1 saturated carbocycles. The summed E-state index contributed by atoms with van der Waals surface area (Å²) >= 11 is 0. The molecule has 0 bridgehead atoms. The van der Waals surface area contributed by atoms with E-state index in [1.54, 1.807) is 4.90 Å². The van der Waals surface area contributed by atoms with E-state index in [2.05, 4.69) is 19.2 Å². The van der Waals surface area contributed by atoms with Crippen molar-refractivity contribution in [2.24, 2.45) is 11.8 Å². The third kappa shape index (κ3) is 7.57. The Morgan fingerprint density at radius 1 is 1.17 bits per heavy atom. The summed E-state index contributed by atoms with van der Waals surface area (Å²) in [5.41, 5.74) is 0.829.